The minimum atomic E-state index is -4.44. The molecule has 1 aromatic carbocycles. The normalized spacial score (nSPS) is 11.6. The summed E-state index contributed by atoms with van der Waals surface area (Å²) in [5.41, 5.74) is 9.37. The zero-order chi connectivity index (χ0) is 13.8. The van der Waals surface area contributed by atoms with E-state index in [9.17, 15) is 13.2 Å². The quantitative estimate of drug-likeness (QED) is 0.488. The summed E-state index contributed by atoms with van der Waals surface area (Å²) in [6.45, 7) is 0. The summed E-state index contributed by atoms with van der Waals surface area (Å²) in [6, 6.07) is 3.00. The van der Waals surface area contributed by atoms with Gasteiger partial charge in [-0.3, -0.25) is 0 Å². The molecule has 98 valence electrons. The number of hydrogen-bond acceptors (Lipinski definition) is 3. The van der Waals surface area contributed by atoms with Crippen LogP contribution in [0, 0.1) is 0 Å². The predicted molar refractivity (Wildman–Crippen MR) is 61.4 cm³/mol. The van der Waals surface area contributed by atoms with Crippen LogP contribution in [0.1, 0.15) is 11.1 Å². The topological polar surface area (TPSA) is 86.0 Å². The standard InChI is InChI=1S/C10H11F3N4O/c1-18-8-3-2-7(10(11,12)13)4-6(8)5-16-17-9(14)15/h2-5H,1H3,(H4,14,15,17). The Kier molecular flexibility index (Phi) is 4.13. The fourth-order valence-electron chi connectivity index (χ4n) is 1.17. The number of nitrogens with two attached hydrogens (primary N) is 2. The van der Waals surface area contributed by atoms with Crippen LogP contribution in [0.25, 0.3) is 0 Å². The summed E-state index contributed by atoms with van der Waals surface area (Å²) < 4.78 is 42.4. The SMILES string of the molecule is COc1ccc(C(F)(F)F)cc1C=NN=C(N)N. The molecule has 0 saturated heterocycles. The van der Waals surface area contributed by atoms with Gasteiger partial charge in [0.1, 0.15) is 5.75 Å². The van der Waals surface area contributed by atoms with Gasteiger partial charge in [0.25, 0.3) is 0 Å². The molecular weight excluding hydrogens is 249 g/mol. The van der Waals surface area contributed by atoms with Crippen molar-refractivity contribution in [2.24, 2.45) is 21.7 Å². The molecule has 8 heteroatoms. The van der Waals surface area contributed by atoms with E-state index in [1.165, 1.54) is 13.2 Å². The molecule has 0 fully saturated rings. The van der Waals surface area contributed by atoms with Crippen LogP contribution >= 0.6 is 0 Å². The number of ether oxygens (including phenoxy) is 1. The number of benzene rings is 1. The number of hydrogen-bond donors (Lipinski definition) is 2. The maximum absolute atomic E-state index is 12.5. The highest BCUT2D eigenvalue weighted by Gasteiger charge is 2.30. The van der Waals surface area contributed by atoms with Crippen molar-refractivity contribution in [3.8, 4) is 5.75 Å². The molecule has 0 atom stereocenters. The Bertz CT molecular complexity index is 479. The molecular formula is C10H11F3N4O. The van der Waals surface area contributed by atoms with Crippen molar-refractivity contribution < 1.29 is 17.9 Å². The van der Waals surface area contributed by atoms with Gasteiger partial charge in [0.2, 0.25) is 5.96 Å². The number of guanidine groups is 1. The Morgan fingerprint density at radius 3 is 2.50 bits per heavy atom. The first-order chi connectivity index (χ1) is 8.34. The maximum atomic E-state index is 12.5. The van der Waals surface area contributed by atoms with Gasteiger partial charge in [-0.1, -0.05) is 0 Å². The summed E-state index contributed by atoms with van der Waals surface area (Å²) in [4.78, 5) is 0. The average molecular weight is 260 g/mol. The Hall–Kier alpha value is -2.25. The number of nitrogens with zero attached hydrogens (tertiary/aromatic N) is 2. The highest BCUT2D eigenvalue weighted by Crippen LogP contribution is 2.31. The molecule has 1 aromatic rings. The van der Waals surface area contributed by atoms with Gasteiger partial charge in [0, 0.05) is 5.56 Å². The van der Waals surface area contributed by atoms with Gasteiger partial charge in [-0.15, -0.1) is 5.10 Å². The van der Waals surface area contributed by atoms with Crippen LogP contribution in [0.5, 0.6) is 5.75 Å². The van der Waals surface area contributed by atoms with Crippen molar-refractivity contribution in [1.29, 1.82) is 0 Å². The lowest BCUT2D eigenvalue weighted by atomic mass is 10.1. The molecule has 0 aliphatic carbocycles. The lowest BCUT2D eigenvalue weighted by molar-refractivity contribution is -0.137. The molecule has 0 aliphatic rings. The number of rotatable bonds is 3. The number of alkyl halides is 3. The zero-order valence-electron chi connectivity index (χ0n) is 9.40. The monoisotopic (exact) mass is 260 g/mol. The van der Waals surface area contributed by atoms with Gasteiger partial charge < -0.3 is 16.2 Å². The van der Waals surface area contributed by atoms with Gasteiger partial charge in [0.05, 0.1) is 18.9 Å². The predicted octanol–water partition coefficient (Wildman–Crippen LogP) is 1.32. The van der Waals surface area contributed by atoms with Crippen LogP contribution in [0.3, 0.4) is 0 Å². The van der Waals surface area contributed by atoms with Crippen molar-refractivity contribution >= 4 is 12.2 Å². The molecule has 0 heterocycles. The van der Waals surface area contributed by atoms with Crippen molar-refractivity contribution in [2.45, 2.75) is 6.18 Å². The minimum Gasteiger partial charge on any atom is -0.496 e. The molecule has 0 bridgehead atoms. The Labute approximate surface area is 101 Å². The van der Waals surface area contributed by atoms with E-state index in [0.29, 0.717) is 0 Å². The maximum Gasteiger partial charge on any atom is 0.416 e. The molecule has 5 nitrogen and oxygen atoms in total. The van der Waals surface area contributed by atoms with Crippen LogP contribution < -0.4 is 16.2 Å². The molecule has 4 N–H and O–H groups in total. The van der Waals surface area contributed by atoms with Crippen LogP contribution in [0.4, 0.5) is 13.2 Å². The first kappa shape index (κ1) is 13.8. The summed E-state index contributed by atoms with van der Waals surface area (Å²) in [5, 5.41) is 6.73. The van der Waals surface area contributed by atoms with E-state index in [0.717, 1.165) is 18.3 Å². The van der Waals surface area contributed by atoms with Crippen LogP contribution in [-0.4, -0.2) is 19.3 Å². The fraction of sp³-hybridized carbons (Fsp3) is 0.200. The van der Waals surface area contributed by atoms with E-state index in [1.807, 2.05) is 0 Å². The van der Waals surface area contributed by atoms with Crippen LogP contribution in [0.15, 0.2) is 28.4 Å². The highest BCUT2D eigenvalue weighted by atomic mass is 19.4. The highest BCUT2D eigenvalue weighted by molar-refractivity contribution is 5.85. The number of halogens is 3. The molecule has 18 heavy (non-hydrogen) atoms. The van der Waals surface area contributed by atoms with Crippen molar-refractivity contribution in [3.63, 3.8) is 0 Å². The van der Waals surface area contributed by atoms with Gasteiger partial charge in [0.15, 0.2) is 0 Å². The average Bonchev–Trinajstić information content (AvgIpc) is 2.27. The van der Waals surface area contributed by atoms with Crippen molar-refractivity contribution in [2.75, 3.05) is 7.11 Å². The third kappa shape index (κ3) is 3.65. The van der Waals surface area contributed by atoms with Crippen LogP contribution in [0.2, 0.25) is 0 Å². The molecule has 1 rings (SSSR count). The van der Waals surface area contributed by atoms with E-state index < -0.39 is 11.7 Å². The van der Waals surface area contributed by atoms with E-state index in [4.69, 9.17) is 16.2 Å². The Balaban J connectivity index is 3.15. The molecule has 0 radical (unpaired) electrons. The lowest BCUT2D eigenvalue weighted by Crippen LogP contribution is -2.21. The number of methoxy groups -OCH3 is 1. The molecule has 0 saturated carbocycles. The first-order valence-corrected chi connectivity index (χ1v) is 4.72. The largest absolute Gasteiger partial charge is 0.496 e. The molecule has 0 amide bonds. The van der Waals surface area contributed by atoms with Gasteiger partial charge in [-0.25, -0.2) is 0 Å². The fourth-order valence-corrected chi connectivity index (χ4v) is 1.17. The summed E-state index contributed by atoms with van der Waals surface area (Å²) in [5.74, 6) is -0.0604. The molecule has 0 aromatic heterocycles. The van der Waals surface area contributed by atoms with Gasteiger partial charge in [-0.2, -0.15) is 18.3 Å². The second kappa shape index (κ2) is 5.39. The Morgan fingerprint density at radius 1 is 1.33 bits per heavy atom. The second-order valence-corrected chi connectivity index (χ2v) is 3.22. The molecule has 0 unspecified atom stereocenters. The van der Waals surface area contributed by atoms with Crippen molar-refractivity contribution in [3.05, 3.63) is 29.3 Å². The smallest absolute Gasteiger partial charge is 0.416 e. The third-order valence-corrected chi connectivity index (χ3v) is 1.93. The molecule has 0 aliphatic heterocycles. The lowest BCUT2D eigenvalue weighted by Gasteiger charge is -2.09. The summed E-state index contributed by atoms with van der Waals surface area (Å²) in [7, 11) is 1.33. The van der Waals surface area contributed by atoms with Gasteiger partial charge >= 0.3 is 6.18 Å². The second-order valence-electron chi connectivity index (χ2n) is 3.22. The zero-order valence-corrected chi connectivity index (χ0v) is 9.40. The summed E-state index contributed by atoms with van der Waals surface area (Å²) >= 11 is 0. The minimum absolute atomic E-state index is 0.123. The van der Waals surface area contributed by atoms with E-state index in [-0.39, 0.29) is 17.3 Å². The van der Waals surface area contributed by atoms with Crippen LogP contribution in [-0.2, 0) is 6.18 Å². The van der Waals surface area contributed by atoms with E-state index >= 15 is 0 Å². The van der Waals surface area contributed by atoms with Crippen molar-refractivity contribution in [1.82, 2.24) is 0 Å². The Morgan fingerprint density at radius 2 is 2.00 bits per heavy atom. The van der Waals surface area contributed by atoms with E-state index in [1.54, 1.807) is 0 Å². The van der Waals surface area contributed by atoms with Gasteiger partial charge in [-0.05, 0) is 18.2 Å². The molecule has 0 spiro atoms. The summed E-state index contributed by atoms with van der Waals surface area (Å²) in [6.07, 6.45) is -3.36. The first-order valence-electron chi connectivity index (χ1n) is 4.72. The van der Waals surface area contributed by atoms with E-state index in [2.05, 4.69) is 10.2 Å². The third-order valence-electron chi connectivity index (χ3n) is 1.93.